The van der Waals surface area contributed by atoms with Gasteiger partial charge in [-0.15, -0.1) is 10.2 Å². The van der Waals surface area contributed by atoms with E-state index in [1.807, 2.05) is 11.5 Å². The van der Waals surface area contributed by atoms with Gasteiger partial charge < -0.3 is 14.4 Å². The zero-order valence-corrected chi connectivity index (χ0v) is 12.1. The van der Waals surface area contributed by atoms with Crippen LogP contribution in [0, 0.1) is 0 Å². The number of aryl methyl sites for hydroxylation is 1. The number of rotatable bonds is 6. The highest BCUT2D eigenvalue weighted by atomic mass is 32.2. The van der Waals surface area contributed by atoms with E-state index in [2.05, 4.69) is 17.1 Å². The van der Waals surface area contributed by atoms with Crippen molar-refractivity contribution >= 4 is 17.7 Å². The van der Waals surface area contributed by atoms with Crippen molar-refractivity contribution in [1.82, 2.24) is 14.8 Å². The fraction of sp³-hybridized carbons (Fsp3) is 0.750. The average molecular weight is 285 g/mol. The topological polar surface area (TPSA) is 77.2 Å². The van der Waals surface area contributed by atoms with Gasteiger partial charge in [0.2, 0.25) is 0 Å². The minimum absolute atomic E-state index is 0.000576. The smallest absolute Gasteiger partial charge is 0.313 e. The molecule has 0 amide bonds. The summed E-state index contributed by atoms with van der Waals surface area (Å²) in [5.74, 6) is 0.0323. The zero-order valence-electron chi connectivity index (χ0n) is 11.3. The fourth-order valence-corrected chi connectivity index (χ4v) is 2.95. The van der Waals surface area contributed by atoms with Crippen LogP contribution in [0.3, 0.4) is 0 Å². The Hall–Kier alpha value is -1.08. The third kappa shape index (κ3) is 3.48. The van der Waals surface area contributed by atoms with Gasteiger partial charge in [0.05, 0.1) is 17.9 Å². The molecule has 0 saturated carbocycles. The molecule has 1 aromatic heterocycles. The Labute approximate surface area is 116 Å². The van der Waals surface area contributed by atoms with E-state index >= 15 is 0 Å². The quantitative estimate of drug-likeness (QED) is 0.800. The van der Waals surface area contributed by atoms with Crippen molar-refractivity contribution in [2.75, 3.05) is 12.4 Å². The van der Waals surface area contributed by atoms with Gasteiger partial charge in [0, 0.05) is 13.0 Å². The molecule has 1 atom stereocenters. The Kier molecular flexibility index (Phi) is 4.46. The van der Waals surface area contributed by atoms with Gasteiger partial charge in [0.1, 0.15) is 5.82 Å². The Bertz CT molecular complexity index is 455. The summed E-state index contributed by atoms with van der Waals surface area (Å²) in [4.78, 5) is 10.7. The van der Waals surface area contributed by atoms with Crippen LogP contribution in [0.5, 0.6) is 0 Å². The van der Waals surface area contributed by atoms with Crippen LogP contribution in [0.1, 0.15) is 32.5 Å². The molecule has 6 nitrogen and oxygen atoms in total. The van der Waals surface area contributed by atoms with Crippen LogP contribution in [0.4, 0.5) is 0 Å². The van der Waals surface area contributed by atoms with Crippen LogP contribution >= 0.6 is 11.8 Å². The number of thioether (sulfide) groups is 1. The van der Waals surface area contributed by atoms with Gasteiger partial charge in [-0.05, 0) is 19.8 Å². The van der Waals surface area contributed by atoms with Crippen molar-refractivity contribution < 1.29 is 14.6 Å². The van der Waals surface area contributed by atoms with E-state index in [9.17, 15) is 4.79 Å². The highest BCUT2D eigenvalue weighted by molar-refractivity contribution is 7.99. The molecule has 2 heterocycles. The number of hydrogen-bond donors (Lipinski definition) is 1. The second-order valence-corrected chi connectivity index (χ2v) is 5.87. The number of ether oxygens (including phenoxy) is 1. The summed E-state index contributed by atoms with van der Waals surface area (Å²) in [7, 11) is 0. The second kappa shape index (κ2) is 5.92. The van der Waals surface area contributed by atoms with Gasteiger partial charge in [-0.3, -0.25) is 4.79 Å². The Morgan fingerprint density at radius 3 is 2.95 bits per heavy atom. The maximum Gasteiger partial charge on any atom is 0.313 e. The molecule has 106 valence electrons. The zero-order chi connectivity index (χ0) is 13.9. The Morgan fingerprint density at radius 2 is 2.37 bits per heavy atom. The fourth-order valence-electron chi connectivity index (χ4n) is 2.27. The monoisotopic (exact) mass is 285 g/mol. The third-order valence-electron chi connectivity index (χ3n) is 3.23. The highest BCUT2D eigenvalue weighted by Crippen LogP contribution is 2.29. The summed E-state index contributed by atoms with van der Waals surface area (Å²) in [6.07, 6.45) is 2.85. The molecule has 19 heavy (non-hydrogen) atoms. The molecule has 1 N–H and O–H groups in total. The van der Waals surface area contributed by atoms with Crippen LogP contribution < -0.4 is 0 Å². The lowest BCUT2D eigenvalue weighted by atomic mass is 10.0. The summed E-state index contributed by atoms with van der Waals surface area (Å²) in [6.45, 7) is 5.58. The number of carbonyl (C=O) groups is 1. The number of aliphatic carboxylic acids is 1. The van der Waals surface area contributed by atoms with E-state index in [0.717, 1.165) is 31.7 Å². The molecule has 0 radical (unpaired) electrons. The molecule has 7 heteroatoms. The van der Waals surface area contributed by atoms with Gasteiger partial charge in [-0.2, -0.15) is 0 Å². The normalized spacial score (nSPS) is 22.8. The number of nitrogens with zero attached hydrogens (tertiary/aromatic N) is 3. The molecule has 1 saturated heterocycles. The van der Waals surface area contributed by atoms with E-state index in [1.54, 1.807) is 0 Å². The molecule has 1 unspecified atom stereocenters. The van der Waals surface area contributed by atoms with Crippen LogP contribution in [-0.2, 0) is 22.5 Å². The first-order valence-corrected chi connectivity index (χ1v) is 7.43. The predicted octanol–water partition coefficient (Wildman–Crippen LogP) is 1.59. The van der Waals surface area contributed by atoms with Gasteiger partial charge in [-0.25, -0.2) is 0 Å². The molecule has 0 aliphatic carbocycles. The molecular weight excluding hydrogens is 266 g/mol. The third-order valence-corrected chi connectivity index (χ3v) is 4.18. The number of carboxylic acids is 1. The van der Waals surface area contributed by atoms with Gasteiger partial charge in [0.25, 0.3) is 0 Å². The summed E-state index contributed by atoms with van der Waals surface area (Å²) in [5, 5.41) is 17.6. The van der Waals surface area contributed by atoms with E-state index < -0.39 is 5.97 Å². The van der Waals surface area contributed by atoms with Crippen molar-refractivity contribution in [3.05, 3.63) is 5.82 Å². The van der Waals surface area contributed by atoms with Crippen molar-refractivity contribution in [1.29, 1.82) is 0 Å². The summed E-state index contributed by atoms with van der Waals surface area (Å²) >= 11 is 1.21. The van der Waals surface area contributed by atoms with Crippen molar-refractivity contribution in [3.8, 4) is 0 Å². The van der Waals surface area contributed by atoms with E-state index in [1.165, 1.54) is 11.8 Å². The maximum atomic E-state index is 10.7. The first-order chi connectivity index (χ1) is 9.04. The molecule has 0 bridgehead atoms. The predicted molar refractivity (Wildman–Crippen MR) is 71.4 cm³/mol. The average Bonchev–Trinajstić information content (AvgIpc) is 2.94. The standard InChI is InChI=1S/C12H19N3O3S/c1-3-9-13-14-11(19-7-10(16)17)15(9)8-12(2)5-4-6-18-12/h3-8H2,1-2H3,(H,16,17). The lowest BCUT2D eigenvalue weighted by Crippen LogP contribution is -2.30. The molecule has 1 aromatic rings. The first-order valence-electron chi connectivity index (χ1n) is 6.45. The van der Waals surface area contributed by atoms with Crippen molar-refractivity contribution in [2.45, 2.75) is 50.4 Å². The second-order valence-electron chi connectivity index (χ2n) is 4.92. The largest absolute Gasteiger partial charge is 0.481 e. The van der Waals surface area contributed by atoms with Crippen molar-refractivity contribution in [3.63, 3.8) is 0 Å². The van der Waals surface area contributed by atoms with E-state index in [0.29, 0.717) is 11.7 Å². The van der Waals surface area contributed by atoms with Gasteiger partial charge >= 0.3 is 5.97 Å². The maximum absolute atomic E-state index is 10.7. The molecule has 0 spiro atoms. The lowest BCUT2D eigenvalue weighted by molar-refractivity contribution is -0.133. The highest BCUT2D eigenvalue weighted by Gasteiger charge is 2.32. The molecule has 2 rings (SSSR count). The number of carboxylic acid groups (broad SMARTS) is 1. The van der Waals surface area contributed by atoms with E-state index in [4.69, 9.17) is 9.84 Å². The van der Waals surface area contributed by atoms with Gasteiger partial charge in [-0.1, -0.05) is 18.7 Å². The van der Waals surface area contributed by atoms with Crippen LogP contribution in [0.15, 0.2) is 5.16 Å². The molecule has 1 fully saturated rings. The first kappa shape index (κ1) is 14.3. The summed E-state index contributed by atoms with van der Waals surface area (Å²) < 4.78 is 7.79. The lowest BCUT2D eigenvalue weighted by Gasteiger charge is -2.25. The van der Waals surface area contributed by atoms with E-state index in [-0.39, 0.29) is 11.4 Å². The minimum atomic E-state index is -0.846. The van der Waals surface area contributed by atoms with Crippen LogP contribution in [0.25, 0.3) is 0 Å². The summed E-state index contributed by atoms with van der Waals surface area (Å²) in [5.41, 5.74) is -0.190. The minimum Gasteiger partial charge on any atom is -0.481 e. The number of hydrogen-bond acceptors (Lipinski definition) is 5. The Balaban J connectivity index is 2.16. The SMILES string of the molecule is CCc1nnc(SCC(=O)O)n1CC1(C)CCCO1. The van der Waals surface area contributed by atoms with Gasteiger partial charge in [0.15, 0.2) is 5.16 Å². The molecule has 1 aliphatic heterocycles. The molecule has 1 aliphatic rings. The molecular formula is C12H19N3O3S. The molecule has 0 aromatic carbocycles. The Morgan fingerprint density at radius 1 is 1.58 bits per heavy atom. The number of aromatic nitrogens is 3. The summed E-state index contributed by atoms with van der Waals surface area (Å²) in [6, 6.07) is 0. The van der Waals surface area contributed by atoms with Crippen LogP contribution in [-0.4, -0.2) is 43.8 Å². The van der Waals surface area contributed by atoms with Crippen LogP contribution in [0.2, 0.25) is 0 Å². The van der Waals surface area contributed by atoms with Crippen molar-refractivity contribution in [2.24, 2.45) is 0 Å².